The number of ketones is 2. The lowest BCUT2D eigenvalue weighted by molar-refractivity contribution is -0.124. The minimum atomic E-state index is -4.15. The quantitative estimate of drug-likeness (QED) is 0.372. The van der Waals surface area contributed by atoms with Gasteiger partial charge in [-0.2, -0.15) is 0 Å². The predicted octanol–water partition coefficient (Wildman–Crippen LogP) is 5.80. The molecule has 0 aromatic heterocycles. The number of amides is 1. The van der Waals surface area contributed by atoms with E-state index in [1.54, 1.807) is 37.8 Å². The number of Topliss-reactive ketones (excluding diaryl/α,β-unsaturated/α-hetero) is 2. The van der Waals surface area contributed by atoms with Crippen LogP contribution in [0, 0.1) is 17.7 Å². The van der Waals surface area contributed by atoms with Gasteiger partial charge in [-0.3, -0.25) is 14.5 Å². The molecule has 1 heterocycles. The average Bonchev–Trinajstić information content (AvgIpc) is 3.34. The van der Waals surface area contributed by atoms with Crippen molar-refractivity contribution in [2.45, 2.75) is 82.3 Å². The Kier molecular flexibility index (Phi) is 9.12. The minimum Gasteiger partial charge on any atom is -0.444 e. The van der Waals surface area contributed by atoms with Crippen molar-refractivity contribution in [2.75, 3.05) is 12.3 Å². The van der Waals surface area contributed by atoms with Gasteiger partial charge in [0.15, 0.2) is 21.4 Å². The van der Waals surface area contributed by atoms with Gasteiger partial charge in [0.1, 0.15) is 22.1 Å². The molecule has 0 spiro atoms. The molecule has 7 nitrogen and oxygen atoms in total. The van der Waals surface area contributed by atoms with Crippen LogP contribution in [0.5, 0.6) is 0 Å². The second kappa shape index (κ2) is 12.2. The summed E-state index contributed by atoms with van der Waals surface area (Å²) in [5.41, 5.74) is 0.153. The number of hydrogen-bond acceptors (Lipinski definition) is 6. The maximum absolute atomic E-state index is 14.0. The molecule has 1 saturated heterocycles. The molecule has 0 radical (unpaired) electrons. The molecule has 0 bridgehead atoms. The number of hydrogen-bond donors (Lipinski definition) is 0. The summed E-state index contributed by atoms with van der Waals surface area (Å²) < 4.78 is 44.8. The van der Waals surface area contributed by atoms with E-state index in [0.717, 1.165) is 44.2 Å². The fourth-order valence-electron chi connectivity index (χ4n) is 5.95. The normalized spacial score (nSPS) is 20.4. The predicted molar refractivity (Wildman–Crippen MR) is 149 cm³/mol. The highest BCUT2D eigenvalue weighted by Crippen LogP contribution is 2.40. The second-order valence-corrected chi connectivity index (χ2v) is 13.9. The summed E-state index contributed by atoms with van der Waals surface area (Å²) in [5, 5.41) is 0. The maximum Gasteiger partial charge on any atom is 0.410 e. The molecule has 9 heteroatoms. The lowest BCUT2D eigenvalue weighted by Gasteiger charge is -2.34. The van der Waals surface area contributed by atoms with E-state index >= 15 is 0 Å². The van der Waals surface area contributed by atoms with Crippen LogP contribution >= 0.6 is 0 Å². The van der Waals surface area contributed by atoms with Crippen molar-refractivity contribution in [3.8, 4) is 0 Å². The van der Waals surface area contributed by atoms with Crippen LogP contribution in [-0.2, 0) is 25.8 Å². The Labute approximate surface area is 236 Å². The summed E-state index contributed by atoms with van der Waals surface area (Å²) in [6, 6.07) is 10.6. The van der Waals surface area contributed by atoms with Crippen LogP contribution in [0.1, 0.15) is 75.2 Å². The molecule has 2 aliphatic rings. The number of ether oxygens (including phenoxy) is 1. The highest BCUT2D eigenvalue weighted by Gasteiger charge is 2.46. The van der Waals surface area contributed by atoms with Gasteiger partial charge in [0.2, 0.25) is 0 Å². The van der Waals surface area contributed by atoms with E-state index in [2.05, 4.69) is 0 Å². The Balaban J connectivity index is 1.47. The zero-order chi connectivity index (χ0) is 29.1. The number of carbonyl (C=O) groups excluding carboxylic acids is 3. The molecule has 1 aliphatic carbocycles. The molecule has 2 aromatic carbocycles. The van der Waals surface area contributed by atoms with Gasteiger partial charge in [-0.15, -0.1) is 0 Å². The Bertz CT molecular complexity index is 1340. The van der Waals surface area contributed by atoms with Gasteiger partial charge in [-0.1, -0.05) is 68.5 Å². The van der Waals surface area contributed by atoms with Crippen molar-refractivity contribution in [1.29, 1.82) is 0 Å². The van der Waals surface area contributed by atoms with Crippen LogP contribution in [-0.4, -0.2) is 54.9 Å². The third-order valence-corrected chi connectivity index (χ3v) is 9.45. The Morgan fingerprint density at radius 1 is 0.950 bits per heavy atom. The lowest BCUT2D eigenvalue weighted by atomic mass is 9.75. The zero-order valence-electron chi connectivity index (χ0n) is 23.4. The van der Waals surface area contributed by atoms with Gasteiger partial charge in [-0.25, -0.2) is 17.6 Å². The summed E-state index contributed by atoms with van der Waals surface area (Å²) in [5.74, 6) is -2.01. The van der Waals surface area contributed by atoms with E-state index in [0.29, 0.717) is 18.0 Å². The van der Waals surface area contributed by atoms with Crippen molar-refractivity contribution in [2.24, 2.45) is 11.8 Å². The van der Waals surface area contributed by atoms with Gasteiger partial charge in [0, 0.05) is 18.5 Å². The van der Waals surface area contributed by atoms with Crippen LogP contribution < -0.4 is 0 Å². The number of carbonyl (C=O) groups is 3. The van der Waals surface area contributed by atoms with Crippen molar-refractivity contribution < 1.29 is 31.9 Å². The third-order valence-electron chi connectivity index (χ3n) is 7.80. The van der Waals surface area contributed by atoms with Gasteiger partial charge < -0.3 is 4.74 Å². The summed E-state index contributed by atoms with van der Waals surface area (Å²) in [6.07, 6.45) is 5.96. The summed E-state index contributed by atoms with van der Waals surface area (Å²) in [7, 11) is -4.15. The molecule has 1 aliphatic heterocycles. The van der Waals surface area contributed by atoms with E-state index in [4.69, 9.17) is 4.74 Å². The van der Waals surface area contributed by atoms with Crippen molar-refractivity contribution in [3.05, 3.63) is 65.5 Å². The van der Waals surface area contributed by atoms with Crippen LogP contribution in [0.3, 0.4) is 0 Å². The highest BCUT2D eigenvalue weighted by molar-refractivity contribution is 7.92. The molecule has 1 amide bonds. The monoisotopic (exact) mass is 571 g/mol. The molecule has 4 rings (SSSR count). The van der Waals surface area contributed by atoms with Crippen LogP contribution in [0.15, 0.2) is 53.4 Å². The average molecular weight is 572 g/mol. The molecule has 216 valence electrons. The Hall–Kier alpha value is -3.07. The van der Waals surface area contributed by atoms with Gasteiger partial charge in [0.25, 0.3) is 0 Å². The molecule has 40 heavy (non-hydrogen) atoms. The molecule has 1 saturated carbocycles. The first-order valence-corrected chi connectivity index (χ1v) is 15.6. The van der Waals surface area contributed by atoms with E-state index < -0.39 is 49.8 Å². The first-order chi connectivity index (χ1) is 18.9. The Morgan fingerprint density at radius 3 is 2.23 bits per heavy atom. The van der Waals surface area contributed by atoms with Crippen molar-refractivity contribution in [1.82, 2.24) is 4.90 Å². The lowest BCUT2D eigenvalue weighted by Crippen LogP contribution is -2.47. The first-order valence-electron chi connectivity index (χ1n) is 14.0. The molecule has 2 atom stereocenters. The first kappa shape index (κ1) is 29.9. The van der Waals surface area contributed by atoms with E-state index in [-0.39, 0.29) is 23.7 Å². The topological polar surface area (TPSA) is 97.8 Å². The molecular weight excluding hydrogens is 533 g/mol. The fraction of sp³-hybridized carbons (Fsp3) is 0.516. The highest BCUT2D eigenvalue weighted by atomic mass is 32.2. The summed E-state index contributed by atoms with van der Waals surface area (Å²) in [6.45, 7) is 5.90. The Morgan fingerprint density at radius 2 is 1.60 bits per heavy atom. The number of benzene rings is 2. The SMILES string of the molecule is CC(C)(C)OC(=O)N1CC[C@@H](C2CCCCC2)[C@H]1C(=O)Cc1ccc(C(=O)CS(=O)(=O)c2ccccc2F)cc1. The molecule has 2 fully saturated rings. The van der Waals surface area contributed by atoms with E-state index in [1.807, 2.05) is 0 Å². The molecule has 2 aromatic rings. The van der Waals surface area contributed by atoms with Gasteiger partial charge in [0.05, 0.1) is 6.04 Å². The number of halogens is 1. The van der Waals surface area contributed by atoms with E-state index in [1.165, 1.54) is 30.7 Å². The largest absolute Gasteiger partial charge is 0.444 e. The number of nitrogens with zero attached hydrogens (tertiary/aromatic N) is 1. The van der Waals surface area contributed by atoms with E-state index in [9.17, 15) is 27.2 Å². The van der Waals surface area contributed by atoms with Crippen LogP contribution in [0.25, 0.3) is 0 Å². The summed E-state index contributed by atoms with van der Waals surface area (Å²) in [4.78, 5) is 40.6. The standard InChI is InChI=1S/C31H38FNO6S/c1-31(2,3)39-30(36)33-18-17-24(22-9-5-4-6-10-22)29(33)26(34)19-21-13-15-23(16-14-21)27(35)20-40(37,38)28-12-8-7-11-25(28)32/h7-8,11-16,22,24,29H,4-6,9-10,17-20H2,1-3H3/t24-,29-/m0/s1. The fourth-order valence-corrected chi connectivity index (χ4v) is 7.27. The zero-order valence-corrected chi connectivity index (χ0v) is 24.2. The minimum absolute atomic E-state index is 0.0693. The number of rotatable bonds is 8. The van der Waals surface area contributed by atoms with Gasteiger partial charge in [-0.05, 0) is 56.7 Å². The van der Waals surface area contributed by atoms with Crippen LogP contribution in [0.4, 0.5) is 9.18 Å². The molecule has 0 N–H and O–H groups in total. The summed E-state index contributed by atoms with van der Waals surface area (Å²) >= 11 is 0. The second-order valence-electron chi connectivity index (χ2n) is 11.9. The van der Waals surface area contributed by atoms with Crippen molar-refractivity contribution in [3.63, 3.8) is 0 Å². The number of sulfone groups is 1. The van der Waals surface area contributed by atoms with Crippen LogP contribution in [0.2, 0.25) is 0 Å². The number of likely N-dealkylation sites (tertiary alicyclic amines) is 1. The third kappa shape index (κ3) is 7.16. The van der Waals surface area contributed by atoms with Gasteiger partial charge >= 0.3 is 6.09 Å². The maximum atomic E-state index is 14.0. The molecule has 0 unspecified atom stereocenters. The smallest absolute Gasteiger partial charge is 0.410 e. The molecular formula is C31H38FNO6S. The van der Waals surface area contributed by atoms with Crippen molar-refractivity contribution >= 4 is 27.5 Å².